The lowest BCUT2D eigenvalue weighted by molar-refractivity contribution is -0.384. The Morgan fingerprint density at radius 2 is 2.20 bits per heavy atom. The van der Waals surface area contributed by atoms with E-state index in [4.69, 9.17) is 11.6 Å². The van der Waals surface area contributed by atoms with Gasteiger partial charge in [-0.2, -0.15) is 5.10 Å². The summed E-state index contributed by atoms with van der Waals surface area (Å²) in [5, 5.41) is 22.2. The number of nitro benzene ring substituents is 1. The van der Waals surface area contributed by atoms with Crippen LogP contribution in [0.15, 0.2) is 32.9 Å². The standard InChI is InChI=1S/C12H10ClN7O5/c13-7-2-1-6(3-8(7)20(24)25)4-15-17-9(21)5-14-10-11(22)16-12(23)19-18-10/h1-4H,5H2,(H,14,18)(H,17,21)(H2,16,19,22,23)/b15-4+. The van der Waals surface area contributed by atoms with Crippen molar-refractivity contribution in [1.29, 1.82) is 0 Å². The van der Waals surface area contributed by atoms with Gasteiger partial charge in [-0.3, -0.25) is 24.7 Å². The first kappa shape index (κ1) is 17.8. The lowest BCUT2D eigenvalue weighted by Gasteiger charge is -2.02. The number of nitrogens with one attached hydrogen (secondary N) is 4. The summed E-state index contributed by atoms with van der Waals surface area (Å²) in [5.41, 5.74) is 0.649. The Balaban J connectivity index is 1.92. The maximum Gasteiger partial charge on any atom is 0.342 e. The van der Waals surface area contributed by atoms with Crippen molar-refractivity contribution in [3.8, 4) is 0 Å². The fraction of sp³-hybridized carbons (Fsp3) is 0.0833. The zero-order valence-electron chi connectivity index (χ0n) is 12.3. The van der Waals surface area contributed by atoms with Crippen LogP contribution < -0.4 is 22.0 Å². The number of halogens is 1. The minimum Gasteiger partial charge on any atom is -0.355 e. The van der Waals surface area contributed by atoms with E-state index >= 15 is 0 Å². The number of rotatable bonds is 6. The molecule has 25 heavy (non-hydrogen) atoms. The number of nitrogens with zero attached hydrogens (tertiary/aromatic N) is 3. The predicted molar refractivity (Wildman–Crippen MR) is 87.8 cm³/mol. The minimum atomic E-state index is -0.784. The van der Waals surface area contributed by atoms with Gasteiger partial charge in [0, 0.05) is 11.6 Å². The van der Waals surface area contributed by atoms with Gasteiger partial charge in [-0.25, -0.2) is 15.3 Å². The van der Waals surface area contributed by atoms with E-state index < -0.39 is 22.1 Å². The molecule has 0 unspecified atom stereocenters. The molecular formula is C12H10ClN7O5. The van der Waals surface area contributed by atoms with Gasteiger partial charge >= 0.3 is 5.69 Å². The lowest BCUT2D eigenvalue weighted by Crippen LogP contribution is -2.31. The van der Waals surface area contributed by atoms with Crippen LogP contribution in [0, 0.1) is 10.1 Å². The van der Waals surface area contributed by atoms with Crippen LogP contribution in [0.25, 0.3) is 0 Å². The minimum absolute atomic E-state index is 0.0194. The zero-order chi connectivity index (χ0) is 18.4. The van der Waals surface area contributed by atoms with Crippen LogP contribution in [0.3, 0.4) is 0 Å². The molecule has 0 saturated carbocycles. The van der Waals surface area contributed by atoms with Crippen molar-refractivity contribution in [2.75, 3.05) is 11.9 Å². The molecule has 1 aromatic carbocycles. The molecule has 13 heteroatoms. The van der Waals surface area contributed by atoms with E-state index in [1.165, 1.54) is 24.4 Å². The normalized spacial score (nSPS) is 10.6. The van der Waals surface area contributed by atoms with Crippen LogP contribution >= 0.6 is 11.6 Å². The second kappa shape index (κ2) is 7.83. The summed E-state index contributed by atoms with van der Waals surface area (Å²) in [6.07, 6.45) is 1.19. The van der Waals surface area contributed by atoms with Crippen LogP contribution in [0.4, 0.5) is 11.5 Å². The summed E-state index contributed by atoms with van der Waals surface area (Å²) in [6, 6.07) is 4.01. The van der Waals surface area contributed by atoms with Crippen LogP contribution in [-0.4, -0.2) is 38.8 Å². The number of hydrazone groups is 1. The van der Waals surface area contributed by atoms with Gasteiger partial charge in [-0.1, -0.05) is 17.7 Å². The summed E-state index contributed by atoms with van der Waals surface area (Å²) in [5.74, 6) is -0.862. The Morgan fingerprint density at radius 1 is 1.44 bits per heavy atom. The van der Waals surface area contributed by atoms with Gasteiger partial charge in [0.1, 0.15) is 5.02 Å². The summed E-state index contributed by atoms with van der Waals surface area (Å²) < 4.78 is 0. The highest BCUT2D eigenvalue weighted by Crippen LogP contribution is 2.24. The van der Waals surface area contributed by atoms with Crippen molar-refractivity contribution < 1.29 is 9.72 Å². The molecule has 0 bridgehead atoms. The number of aromatic amines is 2. The maximum absolute atomic E-state index is 11.6. The van der Waals surface area contributed by atoms with Crippen LogP contribution in [0.5, 0.6) is 0 Å². The van der Waals surface area contributed by atoms with E-state index in [9.17, 15) is 24.5 Å². The van der Waals surface area contributed by atoms with Gasteiger partial charge in [0.15, 0.2) is 0 Å². The van der Waals surface area contributed by atoms with E-state index in [1.807, 2.05) is 10.1 Å². The topological polar surface area (TPSA) is 175 Å². The van der Waals surface area contributed by atoms with Gasteiger partial charge < -0.3 is 5.32 Å². The molecule has 0 saturated heterocycles. The van der Waals surface area contributed by atoms with Gasteiger partial charge in [0.2, 0.25) is 5.82 Å². The van der Waals surface area contributed by atoms with Crippen LogP contribution in [0.2, 0.25) is 5.02 Å². The third-order valence-electron chi connectivity index (χ3n) is 2.70. The second-order valence-electron chi connectivity index (χ2n) is 4.47. The van der Waals surface area contributed by atoms with Crippen molar-refractivity contribution in [2.45, 2.75) is 0 Å². The first-order valence-electron chi connectivity index (χ1n) is 6.55. The Kier molecular flexibility index (Phi) is 5.58. The molecule has 1 aromatic heterocycles. The Hall–Kier alpha value is -3.54. The first-order chi connectivity index (χ1) is 11.9. The Labute approximate surface area is 143 Å². The van der Waals surface area contributed by atoms with E-state index in [2.05, 4.69) is 20.9 Å². The van der Waals surface area contributed by atoms with Crippen LogP contribution in [0.1, 0.15) is 5.56 Å². The molecule has 12 nitrogen and oxygen atoms in total. The molecule has 1 heterocycles. The van der Waals surface area contributed by atoms with E-state index in [1.54, 1.807) is 0 Å². The van der Waals surface area contributed by atoms with Crippen molar-refractivity contribution in [2.24, 2.45) is 5.10 Å². The molecule has 0 aliphatic heterocycles. The number of benzene rings is 1. The molecule has 0 aliphatic carbocycles. The highest BCUT2D eigenvalue weighted by molar-refractivity contribution is 6.32. The maximum atomic E-state index is 11.6. The van der Waals surface area contributed by atoms with E-state index in [0.717, 1.165) is 0 Å². The summed E-state index contributed by atoms with van der Waals surface area (Å²) in [7, 11) is 0. The zero-order valence-corrected chi connectivity index (χ0v) is 13.0. The van der Waals surface area contributed by atoms with Crippen molar-refractivity contribution in [3.63, 3.8) is 0 Å². The summed E-state index contributed by atoms with van der Waals surface area (Å²) in [4.78, 5) is 45.8. The number of H-pyrrole nitrogens is 2. The third kappa shape index (κ3) is 4.97. The molecule has 0 spiro atoms. The van der Waals surface area contributed by atoms with Crippen molar-refractivity contribution >= 4 is 35.2 Å². The van der Waals surface area contributed by atoms with Gasteiger partial charge in [0.25, 0.3) is 17.2 Å². The number of aromatic nitrogens is 3. The molecular weight excluding hydrogens is 358 g/mol. The Morgan fingerprint density at radius 3 is 2.88 bits per heavy atom. The smallest absolute Gasteiger partial charge is 0.342 e. The Bertz CT molecular complexity index is 951. The summed E-state index contributed by atoms with van der Waals surface area (Å²) >= 11 is 5.68. The third-order valence-corrected chi connectivity index (χ3v) is 3.02. The molecule has 0 atom stereocenters. The van der Waals surface area contributed by atoms with Gasteiger partial charge in [-0.15, -0.1) is 5.10 Å². The van der Waals surface area contributed by atoms with Gasteiger partial charge in [-0.05, 0) is 6.07 Å². The molecule has 4 N–H and O–H groups in total. The molecule has 0 radical (unpaired) electrons. The molecule has 130 valence electrons. The van der Waals surface area contributed by atoms with Gasteiger partial charge in [0.05, 0.1) is 17.7 Å². The SMILES string of the molecule is O=C(CNc1n[nH]c(=O)[nH]c1=O)N/N=C/c1ccc(Cl)c([N+](=O)[O-])c1. The number of carbonyl (C=O) groups excluding carboxylic acids is 1. The number of nitro groups is 1. The second-order valence-corrected chi connectivity index (χ2v) is 4.88. The number of hydrogen-bond donors (Lipinski definition) is 4. The number of amides is 1. The molecule has 1 amide bonds. The number of anilines is 1. The molecule has 2 rings (SSSR count). The monoisotopic (exact) mass is 367 g/mol. The highest BCUT2D eigenvalue weighted by Gasteiger charge is 2.12. The van der Waals surface area contributed by atoms with E-state index in [0.29, 0.717) is 5.56 Å². The molecule has 0 aliphatic rings. The van der Waals surface area contributed by atoms with Crippen LogP contribution in [-0.2, 0) is 4.79 Å². The van der Waals surface area contributed by atoms with Crippen molar-refractivity contribution in [1.82, 2.24) is 20.6 Å². The lowest BCUT2D eigenvalue weighted by atomic mass is 10.2. The molecule has 2 aromatic rings. The fourth-order valence-electron chi connectivity index (χ4n) is 1.60. The number of carbonyl (C=O) groups is 1. The highest BCUT2D eigenvalue weighted by atomic mass is 35.5. The number of hydrogen-bond acceptors (Lipinski definition) is 8. The largest absolute Gasteiger partial charge is 0.355 e. The van der Waals surface area contributed by atoms with E-state index in [-0.39, 0.29) is 23.1 Å². The first-order valence-corrected chi connectivity index (χ1v) is 6.93. The summed E-state index contributed by atoms with van der Waals surface area (Å²) in [6.45, 7) is -0.347. The average Bonchev–Trinajstić information content (AvgIpc) is 2.55. The average molecular weight is 368 g/mol. The molecule has 0 fully saturated rings. The predicted octanol–water partition coefficient (Wildman–Crippen LogP) is -0.418. The fourth-order valence-corrected chi connectivity index (χ4v) is 1.79. The van der Waals surface area contributed by atoms with Crippen molar-refractivity contribution in [3.05, 3.63) is 59.7 Å². The quantitative estimate of drug-likeness (QED) is 0.304.